The quantitative estimate of drug-likeness (QED) is 0.796. The maximum absolute atomic E-state index is 11.8. The molecule has 0 atom stereocenters. The highest BCUT2D eigenvalue weighted by molar-refractivity contribution is 5.92. The molecule has 0 aliphatic carbocycles. The fourth-order valence-electron chi connectivity index (χ4n) is 1.70. The van der Waals surface area contributed by atoms with E-state index in [9.17, 15) is 4.79 Å². The lowest BCUT2D eigenvalue weighted by Crippen LogP contribution is -2.32. The van der Waals surface area contributed by atoms with Crippen LogP contribution in [-0.2, 0) is 0 Å². The molecule has 0 aliphatic heterocycles. The summed E-state index contributed by atoms with van der Waals surface area (Å²) in [7, 11) is 0. The van der Waals surface area contributed by atoms with Gasteiger partial charge in [-0.2, -0.15) is 5.10 Å². The lowest BCUT2D eigenvalue weighted by molar-refractivity contribution is 0.0948. The number of hydrogen-bond acceptors (Lipinski definition) is 3. The first kappa shape index (κ1) is 16.2. The molecule has 5 nitrogen and oxygen atoms in total. The Hall–Kier alpha value is -1.85. The van der Waals surface area contributed by atoms with E-state index < -0.39 is 0 Å². The molecule has 0 saturated heterocycles. The van der Waals surface area contributed by atoms with E-state index in [0.717, 1.165) is 18.8 Å². The van der Waals surface area contributed by atoms with Gasteiger partial charge in [0.25, 0.3) is 5.91 Å². The van der Waals surface area contributed by atoms with Gasteiger partial charge >= 0.3 is 0 Å². The van der Waals surface area contributed by atoms with Crippen LogP contribution < -0.4 is 10.6 Å². The van der Waals surface area contributed by atoms with Crippen LogP contribution in [0.1, 0.15) is 17.4 Å². The van der Waals surface area contributed by atoms with Gasteiger partial charge in [-0.15, -0.1) is 12.4 Å². The highest BCUT2D eigenvalue weighted by Crippen LogP contribution is 2.06. The van der Waals surface area contributed by atoms with Crippen LogP contribution in [0.15, 0.2) is 42.6 Å². The molecule has 1 heterocycles. The Bertz CT molecular complexity index is 527. The second-order valence-electron chi connectivity index (χ2n) is 4.09. The molecule has 0 bridgehead atoms. The number of carbonyl (C=O) groups is 1. The second-order valence-corrected chi connectivity index (χ2v) is 4.09. The van der Waals surface area contributed by atoms with Crippen molar-refractivity contribution in [2.45, 2.75) is 6.92 Å². The molecule has 0 spiro atoms. The topological polar surface area (TPSA) is 58.9 Å². The van der Waals surface area contributed by atoms with Crippen molar-refractivity contribution in [2.24, 2.45) is 0 Å². The Morgan fingerprint density at radius 3 is 2.65 bits per heavy atom. The zero-order valence-electron chi connectivity index (χ0n) is 11.4. The summed E-state index contributed by atoms with van der Waals surface area (Å²) in [4.78, 5) is 11.8. The first-order valence-electron chi connectivity index (χ1n) is 6.41. The largest absolute Gasteiger partial charge is 0.349 e. The predicted molar refractivity (Wildman–Crippen MR) is 81.7 cm³/mol. The van der Waals surface area contributed by atoms with Crippen molar-refractivity contribution in [2.75, 3.05) is 19.6 Å². The monoisotopic (exact) mass is 294 g/mol. The zero-order chi connectivity index (χ0) is 13.5. The van der Waals surface area contributed by atoms with Gasteiger partial charge in [-0.3, -0.25) is 4.79 Å². The summed E-state index contributed by atoms with van der Waals surface area (Å²) in [5.41, 5.74) is 1.37. The number of likely N-dealkylation sites (N-methyl/N-ethyl adjacent to an activating group) is 1. The smallest absolute Gasteiger partial charge is 0.271 e. The maximum atomic E-state index is 11.8. The van der Waals surface area contributed by atoms with Crippen molar-refractivity contribution in [3.8, 4) is 5.69 Å². The van der Waals surface area contributed by atoms with Gasteiger partial charge in [-0.05, 0) is 24.7 Å². The molecule has 0 radical (unpaired) electrons. The second kappa shape index (κ2) is 8.35. The predicted octanol–water partition coefficient (Wildman–Crippen LogP) is 1.63. The van der Waals surface area contributed by atoms with Gasteiger partial charge in [0.05, 0.1) is 5.69 Å². The summed E-state index contributed by atoms with van der Waals surface area (Å²) in [5.74, 6) is -0.146. The van der Waals surface area contributed by atoms with Crippen molar-refractivity contribution < 1.29 is 4.79 Å². The van der Waals surface area contributed by atoms with Crippen molar-refractivity contribution in [1.29, 1.82) is 0 Å². The molecule has 20 heavy (non-hydrogen) atoms. The SMILES string of the molecule is CCNCCNC(=O)c1ccn(-c2ccccc2)n1.Cl. The first-order chi connectivity index (χ1) is 9.31. The van der Waals surface area contributed by atoms with Gasteiger partial charge in [-0.25, -0.2) is 4.68 Å². The molecule has 1 aromatic carbocycles. The van der Waals surface area contributed by atoms with Gasteiger partial charge in [0, 0.05) is 19.3 Å². The van der Waals surface area contributed by atoms with Crippen LogP contribution in [0.25, 0.3) is 5.69 Å². The van der Waals surface area contributed by atoms with E-state index in [1.54, 1.807) is 16.9 Å². The van der Waals surface area contributed by atoms with Crippen LogP contribution in [0, 0.1) is 0 Å². The van der Waals surface area contributed by atoms with Crippen LogP contribution in [-0.4, -0.2) is 35.3 Å². The molecule has 1 aromatic heterocycles. The van der Waals surface area contributed by atoms with Crippen molar-refractivity contribution in [3.63, 3.8) is 0 Å². The number of halogens is 1. The molecule has 1 amide bonds. The number of nitrogens with one attached hydrogen (secondary N) is 2. The van der Waals surface area contributed by atoms with E-state index >= 15 is 0 Å². The number of nitrogens with zero attached hydrogens (tertiary/aromatic N) is 2. The van der Waals surface area contributed by atoms with Gasteiger partial charge < -0.3 is 10.6 Å². The number of benzene rings is 1. The summed E-state index contributed by atoms with van der Waals surface area (Å²) < 4.78 is 1.69. The van der Waals surface area contributed by atoms with Gasteiger partial charge in [0.1, 0.15) is 0 Å². The standard InChI is InChI=1S/C14H18N4O.ClH/c1-2-15-9-10-16-14(19)13-8-11-18(17-13)12-6-4-3-5-7-12;/h3-8,11,15H,2,9-10H2,1H3,(H,16,19);1H. The zero-order valence-corrected chi connectivity index (χ0v) is 12.2. The molecular weight excluding hydrogens is 276 g/mol. The fourth-order valence-corrected chi connectivity index (χ4v) is 1.70. The molecule has 2 rings (SSSR count). The minimum absolute atomic E-state index is 0. The Kier molecular flexibility index (Phi) is 6.76. The maximum Gasteiger partial charge on any atom is 0.271 e. The van der Waals surface area contributed by atoms with Crippen molar-refractivity contribution in [1.82, 2.24) is 20.4 Å². The summed E-state index contributed by atoms with van der Waals surface area (Å²) in [5, 5.41) is 10.2. The summed E-state index contributed by atoms with van der Waals surface area (Å²) in [6.45, 7) is 4.30. The van der Waals surface area contributed by atoms with Gasteiger partial charge in [0.2, 0.25) is 0 Å². The minimum Gasteiger partial charge on any atom is -0.349 e. The third-order valence-corrected chi connectivity index (χ3v) is 2.68. The molecule has 0 fully saturated rings. The van der Waals surface area contributed by atoms with E-state index in [-0.39, 0.29) is 18.3 Å². The van der Waals surface area contributed by atoms with E-state index in [2.05, 4.69) is 15.7 Å². The Morgan fingerprint density at radius 1 is 1.20 bits per heavy atom. The van der Waals surface area contributed by atoms with Gasteiger partial charge in [0.15, 0.2) is 5.69 Å². The molecule has 6 heteroatoms. The molecule has 2 N–H and O–H groups in total. The molecule has 2 aromatic rings. The highest BCUT2D eigenvalue weighted by Gasteiger charge is 2.08. The van der Waals surface area contributed by atoms with Crippen molar-refractivity contribution in [3.05, 3.63) is 48.3 Å². The Balaban J connectivity index is 0.00000200. The molecule has 0 saturated carbocycles. The van der Waals surface area contributed by atoms with E-state index in [1.807, 2.05) is 37.3 Å². The van der Waals surface area contributed by atoms with Gasteiger partial charge in [-0.1, -0.05) is 25.1 Å². The average Bonchev–Trinajstić information content (AvgIpc) is 2.94. The van der Waals surface area contributed by atoms with E-state index in [4.69, 9.17) is 0 Å². The first-order valence-corrected chi connectivity index (χ1v) is 6.41. The number of hydrogen-bond donors (Lipinski definition) is 2. The van der Waals surface area contributed by atoms with Crippen LogP contribution in [0.3, 0.4) is 0 Å². The summed E-state index contributed by atoms with van der Waals surface area (Å²) in [6.07, 6.45) is 1.79. The third kappa shape index (κ3) is 4.36. The van der Waals surface area contributed by atoms with Crippen LogP contribution in [0.4, 0.5) is 0 Å². The van der Waals surface area contributed by atoms with E-state index in [0.29, 0.717) is 12.2 Å². The van der Waals surface area contributed by atoms with Crippen LogP contribution in [0.5, 0.6) is 0 Å². The molecular formula is C14H19ClN4O. The van der Waals surface area contributed by atoms with Crippen LogP contribution >= 0.6 is 12.4 Å². The fraction of sp³-hybridized carbons (Fsp3) is 0.286. The number of aromatic nitrogens is 2. The highest BCUT2D eigenvalue weighted by atomic mass is 35.5. The lowest BCUT2D eigenvalue weighted by atomic mass is 10.3. The summed E-state index contributed by atoms with van der Waals surface area (Å²) in [6, 6.07) is 11.4. The lowest BCUT2D eigenvalue weighted by Gasteiger charge is -2.03. The number of para-hydroxylation sites is 1. The molecule has 108 valence electrons. The van der Waals surface area contributed by atoms with Crippen LogP contribution in [0.2, 0.25) is 0 Å². The molecule has 0 unspecified atom stereocenters. The Labute approximate surface area is 124 Å². The number of rotatable bonds is 6. The normalized spacial score (nSPS) is 9.85. The van der Waals surface area contributed by atoms with E-state index in [1.165, 1.54) is 0 Å². The number of amides is 1. The third-order valence-electron chi connectivity index (χ3n) is 2.68. The Morgan fingerprint density at radius 2 is 1.95 bits per heavy atom. The van der Waals surface area contributed by atoms with Crippen molar-refractivity contribution >= 4 is 18.3 Å². The minimum atomic E-state index is -0.146. The number of carbonyl (C=O) groups excluding carboxylic acids is 1. The molecule has 0 aliphatic rings. The summed E-state index contributed by atoms with van der Waals surface area (Å²) >= 11 is 0. The average molecular weight is 295 g/mol.